The molecule has 0 amide bonds. The Morgan fingerprint density at radius 1 is 0.912 bits per heavy atom. The van der Waals surface area contributed by atoms with Crippen molar-refractivity contribution in [2.75, 3.05) is 6.61 Å². The smallest absolute Gasteiger partial charge is 0.0797 e. The van der Waals surface area contributed by atoms with Gasteiger partial charge >= 0.3 is 0 Å². The molecule has 2 heteroatoms. The Hall–Kier alpha value is -0.340. The Morgan fingerprint density at radius 3 is 2.29 bits per heavy atom. The second kappa shape index (κ2) is 7.83. The summed E-state index contributed by atoms with van der Waals surface area (Å²) in [6, 6.07) is 0. The van der Waals surface area contributed by atoms with E-state index < -0.39 is 0 Å². The summed E-state index contributed by atoms with van der Waals surface area (Å²) in [5.74, 6) is 3.35. The van der Waals surface area contributed by atoms with Crippen molar-refractivity contribution in [3.63, 3.8) is 0 Å². The molecule has 11 atom stereocenters. The fourth-order valence-electron chi connectivity index (χ4n) is 11.2. The second-order valence-corrected chi connectivity index (χ2v) is 15.2. The highest BCUT2D eigenvalue weighted by Crippen LogP contribution is 2.75. The number of hydrogen-bond acceptors (Lipinski definition) is 2. The Balaban J connectivity index is 1.67. The summed E-state index contributed by atoms with van der Waals surface area (Å²) in [5, 5.41) is 11.0. The van der Waals surface area contributed by atoms with Crippen LogP contribution < -0.4 is 0 Å². The van der Waals surface area contributed by atoms with Gasteiger partial charge in [-0.2, -0.15) is 0 Å². The molecule has 4 saturated carbocycles. The molecule has 0 heterocycles. The van der Waals surface area contributed by atoms with Gasteiger partial charge in [0.1, 0.15) is 0 Å². The average Bonchev–Trinajstić information content (AvgIpc) is 2.76. The van der Waals surface area contributed by atoms with Gasteiger partial charge in [-0.15, -0.1) is 0 Å². The monoisotopic (exact) mass is 470 g/mol. The maximum absolute atomic E-state index is 11.0. The van der Waals surface area contributed by atoms with Crippen molar-refractivity contribution in [3.8, 4) is 0 Å². The molecule has 0 aromatic carbocycles. The van der Waals surface area contributed by atoms with Gasteiger partial charge in [0.2, 0.25) is 0 Å². The zero-order chi connectivity index (χ0) is 24.9. The van der Waals surface area contributed by atoms with Crippen LogP contribution in [0.5, 0.6) is 0 Å². The van der Waals surface area contributed by atoms with Crippen LogP contribution in [0.2, 0.25) is 0 Å². The van der Waals surface area contributed by atoms with Crippen molar-refractivity contribution < 1.29 is 9.84 Å². The third-order valence-electron chi connectivity index (χ3n) is 13.7. The number of rotatable bonds is 2. The van der Waals surface area contributed by atoms with Gasteiger partial charge in [-0.25, -0.2) is 0 Å². The number of allylic oxidation sites excluding steroid dienone is 1. The first-order chi connectivity index (χ1) is 15.8. The molecular formula is C32H54O2. The number of aliphatic hydroxyl groups excluding tert-OH is 1. The normalized spacial score (nSPS) is 56.4. The number of ether oxygens (including phenoxy) is 1. The molecule has 5 aliphatic carbocycles. The molecule has 2 nitrogen and oxygen atoms in total. The Bertz CT molecular complexity index is 844. The lowest BCUT2D eigenvalue weighted by molar-refractivity contribution is -0.231. The van der Waals surface area contributed by atoms with Gasteiger partial charge in [-0.05, 0) is 109 Å². The lowest BCUT2D eigenvalue weighted by Gasteiger charge is -2.72. The molecule has 5 rings (SSSR count). The topological polar surface area (TPSA) is 29.5 Å². The van der Waals surface area contributed by atoms with Crippen molar-refractivity contribution in [2.24, 2.45) is 56.7 Å². The quantitative estimate of drug-likeness (QED) is 0.414. The summed E-state index contributed by atoms with van der Waals surface area (Å²) in [6.45, 7) is 23.3. The van der Waals surface area contributed by atoms with Crippen LogP contribution in [0.25, 0.3) is 0 Å². The van der Waals surface area contributed by atoms with Crippen LogP contribution in [-0.2, 0) is 4.74 Å². The number of hydrogen-bond donors (Lipinski definition) is 1. The highest BCUT2D eigenvalue weighted by atomic mass is 16.5. The Kier molecular flexibility index (Phi) is 5.83. The van der Waals surface area contributed by atoms with E-state index in [1.54, 1.807) is 5.57 Å². The van der Waals surface area contributed by atoms with Gasteiger partial charge in [0.25, 0.3) is 0 Å². The summed E-state index contributed by atoms with van der Waals surface area (Å²) >= 11 is 0. The van der Waals surface area contributed by atoms with Crippen molar-refractivity contribution in [1.82, 2.24) is 0 Å². The minimum Gasteiger partial charge on any atom is -0.393 e. The van der Waals surface area contributed by atoms with Crippen LogP contribution in [0, 0.1) is 56.7 Å². The predicted molar refractivity (Wildman–Crippen MR) is 141 cm³/mol. The molecule has 0 bridgehead atoms. The third kappa shape index (κ3) is 3.06. The summed E-state index contributed by atoms with van der Waals surface area (Å²) in [5.41, 5.74) is 2.95. The van der Waals surface area contributed by atoms with Gasteiger partial charge in [0, 0.05) is 12.5 Å². The molecule has 1 N–H and O–H groups in total. The fourth-order valence-corrected chi connectivity index (χ4v) is 11.2. The summed E-state index contributed by atoms with van der Waals surface area (Å²) in [6.07, 6.45) is 12.9. The number of aliphatic hydroxyl groups is 1. The second-order valence-electron chi connectivity index (χ2n) is 15.2. The fraction of sp³-hybridized carbons (Fsp3) is 0.938. The SMILES string of the molecule is CCOC1C=C2C3C(C)C(C)CCC3(C)CCC2(C)C2(C)CCC3C(C)(C)C(O)CCC3(C)C12. The van der Waals surface area contributed by atoms with E-state index >= 15 is 0 Å². The summed E-state index contributed by atoms with van der Waals surface area (Å²) in [7, 11) is 0. The molecule has 0 spiro atoms. The largest absolute Gasteiger partial charge is 0.393 e. The third-order valence-corrected chi connectivity index (χ3v) is 13.7. The van der Waals surface area contributed by atoms with Gasteiger partial charge in [0.15, 0.2) is 0 Å². The molecule has 0 aromatic rings. The van der Waals surface area contributed by atoms with E-state index in [2.05, 4.69) is 68.4 Å². The molecule has 0 radical (unpaired) electrons. The molecule has 5 aliphatic rings. The lowest BCUT2D eigenvalue weighted by Crippen LogP contribution is -2.67. The maximum Gasteiger partial charge on any atom is 0.0797 e. The van der Waals surface area contributed by atoms with Gasteiger partial charge in [-0.1, -0.05) is 67.0 Å². The standard InChI is InChI=1S/C32H54O2/c1-10-34-23-19-22-26-21(3)20(2)11-14-29(26,6)17-18-31(22,8)32(9)16-12-24-28(4,5)25(33)13-15-30(24,7)27(23)32/h19-21,23-27,33H,10-18H2,1-9H3. The molecule has 0 aliphatic heterocycles. The van der Waals surface area contributed by atoms with Crippen LogP contribution in [0.1, 0.15) is 114 Å². The van der Waals surface area contributed by atoms with Crippen molar-refractivity contribution in [1.29, 1.82) is 0 Å². The minimum absolute atomic E-state index is 0.0194. The van der Waals surface area contributed by atoms with Crippen LogP contribution in [0.15, 0.2) is 11.6 Å². The first kappa shape index (κ1) is 25.3. The van der Waals surface area contributed by atoms with Crippen molar-refractivity contribution in [2.45, 2.75) is 126 Å². The highest BCUT2D eigenvalue weighted by Gasteiger charge is 2.70. The Morgan fingerprint density at radius 2 is 1.62 bits per heavy atom. The first-order valence-corrected chi connectivity index (χ1v) is 14.8. The van der Waals surface area contributed by atoms with Crippen molar-refractivity contribution in [3.05, 3.63) is 11.6 Å². The molecule has 194 valence electrons. The Labute approximate surface area is 210 Å². The molecule has 34 heavy (non-hydrogen) atoms. The van der Waals surface area contributed by atoms with E-state index in [1.807, 2.05) is 0 Å². The van der Waals surface area contributed by atoms with Crippen molar-refractivity contribution >= 4 is 0 Å². The van der Waals surface area contributed by atoms with Crippen LogP contribution in [0.3, 0.4) is 0 Å². The molecular weight excluding hydrogens is 416 g/mol. The highest BCUT2D eigenvalue weighted by molar-refractivity contribution is 5.36. The zero-order valence-electron chi connectivity index (χ0n) is 23.8. The number of fused-ring (bicyclic) bond motifs is 7. The molecule has 0 saturated heterocycles. The zero-order valence-corrected chi connectivity index (χ0v) is 23.8. The van der Waals surface area contributed by atoms with E-state index in [0.29, 0.717) is 23.2 Å². The van der Waals surface area contributed by atoms with Gasteiger partial charge in [0.05, 0.1) is 12.2 Å². The van der Waals surface area contributed by atoms with Crippen LogP contribution >= 0.6 is 0 Å². The summed E-state index contributed by atoms with van der Waals surface area (Å²) < 4.78 is 6.76. The first-order valence-electron chi connectivity index (χ1n) is 14.8. The van der Waals surface area contributed by atoms with E-state index in [9.17, 15) is 5.11 Å². The van der Waals surface area contributed by atoms with Gasteiger partial charge < -0.3 is 9.84 Å². The predicted octanol–water partition coefficient (Wildman–Crippen LogP) is 8.04. The van der Waals surface area contributed by atoms with E-state index in [4.69, 9.17) is 4.74 Å². The van der Waals surface area contributed by atoms with E-state index in [1.165, 1.54) is 38.5 Å². The van der Waals surface area contributed by atoms with Crippen LogP contribution in [0.4, 0.5) is 0 Å². The van der Waals surface area contributed by atoms with E-state index in [0.717, 1.165) is 31.3 Å². The minimum atomic E-state index is -0.175. The molecule has 11 unspecified atom stereocenters. The van der Waals surface area contributed by atoms with Crippen LogP contribution in [-0.4, -0.2) is 23.9 Å². The van der Waals surface area contributed by atoms with Gasteiger partial charge in [-0.3, -0.25) is 0 Å². The average molecular weight is 471 g/mol. The van der Waals surface area contributed by atoms with E-state index in [-0.39, 0.29) is 33.9 Å². The molecule has 4 fully saturated rings. The maximum atomic E-state index is 11.0. The molecule has 0 aromatic heterocycles. The lowest BCUT2D eigenvalue weighted by atomic mass is 9.33. The summed E-state index contributed by atoms with van der Waals surface area (Å²) in [4.78, 5) is 0.